The molecular formula is C18H21BrN2O4S. The zero-order chi connectivity index (χ0) is 19.5. The average molecular weight is 441 g/mol. The monoisotopic (exact) mass is 440 g/mol. The van der Waals surface area contributed by atoms with Gasteiger partial charge in [0.2, 0.25) is 10.0 Å². The highest BCUT2D eigenvalue weighted by atomic mass is 79.9. The number of aryl methyl sites for hydroxylation is 2. The van der Waals surface area contributed by atoms with E-state index in [4.69, 9.17) is 4.74 Å². The van der Waals surface area contributed by atoms with Gasteiger partial charge in [-0.2, -0.15) is 0 Å². The molecule has 0 atom stereocenters. The van der Waals surface area contributed by atoms with Crippen LogP contribution in [0.3, 0.4) is 0 Å². The highest BCUT2D eigenvalue weighted by Crippen LogP contribution is 2.28. The Labute approximate surface area is 162 Å². The van der Waals surface area contributed by atoms with Gasteiger partial charge in [-0.3, -0.25) is 4.79 Å². The van der Waals surface area contributed by atoms with E-state index in [1.807, 2.05) is 26.0 Å². The number of carbonyl (C=O) groups excluding carboxylic acids is 1. The minimum Gasteiger partial charge on any atom is -0.495 e. The summed E-state index contributed by atoms with van der Waals surface area (Å²) in [7, 11) is -1.07. The van der Waals surface area contributed by atoms with Crippen LogP contribution in [0.25, 0.3) is 0 Å². The van der Waals surface area contributed by atoms with Crippen LogP contribution in [-0.4, -0.2) is 28.5 Å². The van der Waals surface area contributed by atoms with Crippen molar-refractivity contribution in [3.05, 3.63) is 51.5 Å². The second-order valence-corrected chi connectivity index (χ2v) is 8.41. The molecule has 0 spiro atoms. The van der Waals surface area contributed by atoms with Crippen molar-refractivity contribution < 1.29 is 17.9 Å². The number of hydrogen-bond acceptors (Lipinski definition) is 4. The molecule has 26 heavy (non-hydrogen) atoms. The fraction of sp³-hybridized carbons (Fsp3) is 0.278. The van der Waals surface area contributed by atoms with Gasteiger partial charge in [0.15, 0.2) is 0 Å². The molecule has 2 aromatic carbocycles. The Bertz CT molecular complexity index is 942. The van der Waals surface area contributed by atoms with Crippen LogP contribution in [0.5, 0.6) is 5.75 Å². The van der Waals surface area contributed by atoms with Gasteiger partial charge in [0.25, 0.3) is 5.91 Å². The van der Waals surface area contributed by atoms with Crippen molar-refractivity contribution in [2.75, 3.05) is 19.5 Å². The van der Waals surface area contributed by atoms with Gasteiger partial charge in [-0.25, -0.2) is 13.1 Å². The largest absolute Gasteiger partial charge is 0.495 e. The van der Waals surface area contributed by atoms with E-state index in [1.165, 1.54) is 32.4 Å². The fourth-order valence-electron chi connectivity index (χ4n) is 2.59. The molecule has 0 aromatic heterocycles. The van der Waals surface area contributed by atoms with E-state index in [9.17, 15) is 13.2 Å². The topological polar surface area (TPSA) is 84.5 Å². The van der Waals surface area contributed by atoms with Crippen molar-refractivity contribution in [2.24, 2.45) is 0 Å². The highest BCUT2D eigenvalue weighted by Gasteiger charge is 2.21. The normalized spacial score (nSPS) is 11.3. The van der Waals surface area contributed by atoms with Gasteiger partial charge in [0.05, 0.1) is 7.11 Å². The molecule has 0 bridgehead atoms. The predicted molar refractivity (Wildman–Crippen MR) is 105 cm³/mol. The molecule has 0 fully saturated rings. The highest BCUT2D eigenvalue weighted by molar-refractivity contribution is 9.10. The number of benzene rings is 2. The summed E-state index contributed by atoms with van der Waals surface area (Å²) in [5.41, 5.74) is 2.86. The van der Waals surface area contributed by atoms with Crippen LogP contribution in [-0.2, 0) is 16.4 Å². The molecule has 2 aromatic rings. The third kappa shape index (κ3) is 4.25. The lowest BCUT2D eigenvalue weighted by Gasteiger charge is -2.15. The van der Waals surface area contributed by atoms with Crippen molar-refractivity contribution in [3.8, 4) is 5.75 Å². The Kier molecular flexibility index (Phi) is 6.44. The molecule has 0 heterocycles. The summed E-state index contributed by atoms with van der Waals surface area (Å²) >= 11 is 3.45. The molecule has 0 aliphatic heterocycles. The molecule has 2 rings (SSSR count). The molecule has 0 aliphatic carbocycles. The maximum Gasteiger partial charge on any atom is 0.255 e. The van der Waals surface area contributed by atoms with Gasteiger partial charge in [0.1, 0.15) is 10.6 Å². The maximum atomic E-state index is 12.7. The van der Waals surface area contributed by atoms with E-state index in [0.29, 0.717) is 0 Å². The van der Waals surface area contributed by atoms with Crippen LogP contribution >= 0.6 is 15.9 Å². The summed E-state index contributed by atoms with van der Waals surface area (Å²) in [4.78, 5) is 12.6. The number of anilines is 1. The summed E-state index contributed by atoms with van der Waals surface area (Å²) in [5, 5.41) is 2.89. The number of rotatable bonds is 6. The lowest BCUT2D eigenvalue weighted by molar-refractivity contribution is 0.102. The van der Waals surface area contributed by atoms with Crippen LogP contribution in [0.15, 0.2) is 39.7 Å². The Morgan fingerprint density at radius 1 is 1.23 bits per heavy atom. The summed E-state index contributed by atoms with van der Waals surface area (Å²) in [6.07, 6.45) is 0.748. The fourth-order valence-corrected chi connectivity index (χ4v) is 4.13. The first kappa shape index (κ1) is 20.4. The van der Waals surface area contributed by atoms with Crippen molar-refractivity contribution in [1.29, 1.82) is 0 Å². The van der Waals surface area contributed by atoms with Gasteiger partial charge in [-0.05, 0) is 61.9 Å². The number of sulfonamides is 1. The zero-order valence-corrected chi connectivity index (χ0v) is 17.4. The summed E-state index contributed by atoms with van der Waals surface area (Å²) < 4.78 is 32.6. The third-order valence-electron chi connectivity index (χ3n) is 3.99. The van der Waals surface area contributed by atoms with Crippen LogP contribution < -0.4 is 14.8 Å². The number of carbonyl (C=O) groups is 1. The van der Waals surface area contributed by atoms with Gasteiger partial charge in [0, 0.05) is 15.7 Å². The predicted octanol–water partition coefficient (Wildman–Crippen LogP) is 3.49. The quantitative estimate of drug-likeness (QED) is 0.719. The van der Waals surface area contributed by atoms with E-state index in [1.54, 1.807) is 0 Å². The molecular weight excluding hydrogens is 420 g/mol. The Balaban J connectivity index is 2.45. The van der Waals surface area contributed by atoms with E-state index < -0.39 is 10.0 Å². The van der Waals surface area contributed by atoms with E-state index >= 15 is 0 Å². The number of hydrogen-bond donors (Lipinski definition) is 2. The molecule has 6 nitrogen and oxygen atoms in total. The first-order chi connectivity index (χ1) is 12.2. The second-order valence-electron chi connectivity index (χ2n) is 5.64. The first-order valence-electron chi connectivity index (χ1n) is 7.95. The molecule has 0 radical (unpaired) electrons. The number of ether oxygens (including phenoxy) is 1. The van der Waals surface area contributed by atoms with Crippen LogP contribution in [0.1, 0.15) is 28.4 Å². The van der Waals surface area contributed by atoms with Crippen molar-refractivity contribution in [3.63, 3.8) is 0 Å². The zero-order valence-electron chi connectivity index (χ0n) is 15.0. The summed E-state index contributed by atoms with van der Waals surface area (Å²) in [5.74, 6) is -0.217. The van der Waals surface area contributed by atoms with Gasteiger partial charge in [-0.15, -0.1) is 0 Å². The average Bonchev–Trinajstić information content (AvgIpc) is 2.62. The summed E-state index contributed by atoms with van der Waals surface area (Å²) in [6, 6.07) is 8.17. The Morgan fingerprint density at radius 3 is 2.50 bits per heavy atom. The minimum atomic E-state index is -3.76. The minimum absolute atomic E-state index is 0.0848. The lowest BCUT2D eigenvalue weighted by atomic mass is 10.1. The standard InChI is InChI=1S/C18H21BrN2O4S/c1-5-12-9-14(19)8-11(2)17(12)21-18(22)13-6-7-15(25-4)16(10-13)26(23,24)20-3/h6-10,20H,5H2,1-4H3,(H,21,22). The smallest absolute Gasteiger partial charge is 0.255 e. The first-order valence-corrected chi connectivity index (χ1v) is 10.2. The number of nitrogens with one attached hydrogen (secondary N) is 2. The molecule has 2 N–H and O–H groups in total. The van der Waals surface area contributed by atoms with Gasteiger partial charge >= 0.3 is 0 Å². The molecule has 140 valence electrons. The third-order valence-corrected chi connectivity index (χ3v) is 5.88. The van der Waals surface area contributed by atoms with Crippen LogP contribution in [0.2, 0.25) is 0 Å². The van der Waals surface area contributed by atoms with Crippen LogP contribution in [0.4, 0.5) is 5.69 Å². The molecule has 1 amide bonds. The SMILES string of the molecule is CCc1cc(Br)cc(C)c1NC(=O)c1ccc(OC)c(S(=O)(=O)NC)c1. The van der Waals surface area contributed by atoms with Crippen molar-refractivity contribution in [2.45, 2.75) is 25.2 Å². The Hall–Kier alpha value is -1.90. The van der Waals surface area contributed by atoms with E-state index in [2.05, 4.69) is 26.0 Å². The molecule has 0 saturated heterocycles. The number of halogens is 1. The van der Waals surface area contributed by atoms with Gasteiger partial charge < -0.3 is 10.1 Å². The van der Waals surface area contributed by atoms with E-state index in [0.717, 1.165) is 27.7 Å². The van der Waals surface area contributed by atoms with E-state index in [-0.39, 0.29) is 22.1 Å². The van der Waals surface area contributed by atoms with Crippen LogP contribution in [0, 0.1) is 6.92 Å². The Morgan fingerprint density at radius 2 is 1.92 bits per heavy atom. The lowest BCUT2D eigenvalue weighted by Crippen LogP contribution is -2.21. The summed E-state index contributed by atoms with van der Waals surface area (Å²) in [6.45, 7) is 3.91. The molecule has 0 unspecified atom stereocenters. The molecule has 0 saturated carbocycles. The van der Waals surface area contributed by atoms with Gasteiger partial charge in [-0.1, -0.05) is 22.9 Å². The number of methoxy groups -OCH3 is 1. The van der Waals surface area contributed by atoms with Crippen molar-refractivity contribution in [1.82, 2.24) is 4.72 Å². The molecule has 0 aliphatic rings. The van der Waals surface area contributed by atoms with Crippen molar-refractivity contribution >= 4 is 37.5 Å². The second kappa shape index (κ2) is 8.20. The number of amides is 1. The maximum absolute atomic E-state index is 12.7. The molecule has 8 heteroatoms.